The molecule has 0 amide bonds. The molecule has 2 nitrogen and oxygen atoms in total. The zero-order valence-corrected chi connectivity index (χ0v) is 6.84. The first-order chi connectivity index (χ1) is 5.97. The van der Waals surface area contributed by atoms with Crippen LogP contribution >= 0.6 is 0 Å². The minimum Gasteiger partial charge on any atom is -0.469 e. The van der Waals surface area contributed by atoms with Crippen LogP contribution in [0.25, 0.3) is 0 Å². The van der Waals surface area contributed by atoms with E-state index in [2.05, 4.69) is 0 Å². The summed E-state index contributed by atoms with van der Waals surface area (Å²) in [5.74, 6) is 0.483. The highest BCUT2D eigenvalue weighted by Gasteiger charge is 2.30. The van der Waals surface area contributed by atoms with Crippen molar-refractivity contribution in [2.75, 3.05) is 0 Å². The van der Waals surface area contributed by atoms with E-state index < -0.39 is 18.6 Å². The van der Waals surface area contributed by atoms with Gasteiger partial charge in [-0.15, -0.1) is 0 Å². The molecule has 0 radical (unpaired) electrons. The molecule has 1 atom stereocenters. The fourth-order valence-electron chi connectivity index (χ4n) is 1.06. The predicted molar refractivity (Wildman–Crippen MR) is 41.1 cm³/mol. The molecule has 13 heavy (non-hydrogen) atoms. The van der Waals surface area contributed by atoms with Crippen molar-refractivity contribution in [3.05, 3.63) is 24.2 Å². The summed E-state index contributed by atoms with van der Waals surface area (Å²) in [5.41, 5.74) is 5.27. The summed E-state index contributed by atoms with van der Waals surface area (Å²) in [6, 6.07) is 2.30. The quantitative estimate of drug-likeness (QED) is 0.798. The van der Waals surface area contributed by atoms with Crippen LogP contribution in [-0.4, -0.2) is 12.2 Å². The predicted octanol–water partition coefficient (Wildman–Crippen LogP) is 2.10. The van der Waals surface area contributed by atoms with Gasteiger partial charge in [-0.25, -0.2) is 0 Å². The van der Waals surface area contributed by atoms with Crippen LogP contribution in [0.15, 0.2) is 22.8 Å². The summed E-state index contributed by atoms with van der Waals surface area (Å²) in [7, 11) is 0. The molecule has 0 aromatic carbocycles. The van der Waals surface area contributed by atoms with Crippen molar-refractivity contribution in [1.29, 1.82) is 0 Å². The molecule has 1 aromatic rings. The minimum atomic E-state index is -4.20. The third-order valence-electron chi connectivity index (χ3n) is 1.54. The number of hydrogen-bond acceptors (Lipinski definition) is 2. The third kappa shape index (κ3) is 3.98. The van der Waals surface area contributed by atoms with Crippen molar-refractivity contribution in [1.82, 2.24) is 0 Å². The Morgan fingerprint density at radius 1 is 1.46 bits per heavy atom. The van der Waals surface area contributed by atoms with Crippen LogP contribution in [0, 0.1) is 0 Å². The smallest absolute Gasteiger partial charge is 0.390 e. The lowest BCUT2D eigenvalue weighted by molar-refractivity contribution is -0.138. The highest BCUT2D eigenvalue weighted by Crippen LogP contribution is 2.22. The average molecular weight is 193 g/mol. The van der Waals surface area contributed by atoms with E-state index in [1.807, 2.05) is 0 Å². The topological polar surface area (TPSA) is 39.2 Å². The SMILES string of the molecule is N[C@@H](Cc1ccco1)CC(F)(F)F. The van der Waals surface area contributed by atoms with Gasteiger partial charge in [0.25, 0.3) is 0 Å². The molecule has 0 saturated carbocycles. The second-order valence-corrected chi connectivity index (χ2v) is 2.86. The molecule has 1 heterocycles. The summed E-state index contributed by atoms with van der Waals surface area (Å²) in [6.45, 7) is 0. The van der Waals surface area contributed by atoms with Gasteiger partial charge in [0, 0.05) is 12.5 Å². The van der Waals surface area contributed by atoms with Crippen LogP contribution < -0.4 is 5.73 Å². The van der Waals surface area contributed by atoms with Gasteiger partial charge in [0.2, 0.25) is 0 Å². The van der Waals surface area contributed by atoms with Gasteiger partial charge in [-0.3, -0.25) is 0 Å². The number of halogens is 3. The lowest BCUT2D eigenvalue weighted by Crippen LogP contribution is -2.29. The maximum absolute atomic E-state index is 11.8. The lowest BCUT2D eigenvalue weighted by Gasteiger charge is -2.12. The van der Waals surface area contributed by atoms with Crippen molar-refractivity contribution in [3.63, 3.8) is 0 Å². The summed E-state index contributed by atoms with van der Waals surface area (Å²) >= 11 is 0. The number of furan rings is 1. The van der Waals surface area contributed by atoms with Gasteiger partial charge < -0.3 is 10.2 Å². The number of rotatable bonds is 3. The zero-order valence-electron chi connectivity index (χ0n) is 6.84. The Morgan fingerprint density at radius 2 is 2.15 bits per heavy atom. The molecule has 0 bridgehead atoms. The Labute approximate surface area is 73.5 Å². The van der Waals surface area contributed by atoms with Crippen molar-refractivity contribution >= 4 is 0 Å². The molecule has 0 saturated heterocycles. The van der Waals surface area contributed by atoms with E-state index in [4.69, 9.17) is 10.2 Å². The Morgan fingerprint density at radius 3 is 2.62 bits per heavy atom. The second-order valence-electron chi connectivity index (χ2n) is 2.86. The highest BCUT2D eigenvalue weighted by atomic mass is 19.4. The third-order valence-corrected chi connectivity index (χ3v) is 1.54. The van der Waals surface area contributed by atoms with Crippen LogP contribution in [0.4, 0.5) is 13.2 Å². The molecule has 0 fully saturated rings. The van der Waals surface area contributed by atoms with Gasteiger partial charge in [0.15, 0.2) is 0 Å². The minimum absolute atomic E-state index is 0.118. The van der Waals surface area contributed by atoms with Gasteiger partial charge >= 0.3 is 6.18 Å². The monoisotopic (exact) mass is 193 g/mol. The number of hydrogen-bond donors (Lipinski definition) is 1. The van der Waals surface area contributed by atoms with E-state index in [1.165, 1.54) is 6.26 Å². The molecule has 1 rings (SSSR count). The van der Waals surface area contributed by atoms with E-state index in [1.54, 1.807) is 12.1 Å². The van der Waals surface area contributed by atoms with Crippen LogP contribution in [0.1, 0.15) is 12.2 Å². The fourth-order valence-corrected chi connectivity index (χ4v) is 1.06. The molecule has 1 aromatic heterocycles. The fraction of sp³-hybridized carbons (Fsp3) is 0.500. The van der Waals surface area contributed by atoms with Crippen LogP contribution in [0.2, 0.25) is 0 Å². The molecule has 2 N–H and O–H groups in total. The van der Waals surface area contributed by atoms with E-state index in [9.17, 15) is 13.2 Å². The molecule has 74 valence electrons. The Kier molecular flexibility index (Phi) is 2.98. The highest BCUT2D eigenvalue weighted by molar-refractivity contribution is 5.00. The van der Waals surface area contributed by atoms with Crippen molar-refractivity contribution < 1.29 is 17.6 Å². The van der Waals surface area contributed by atoms with Crippen molar-refractivity contribution in [2.24, 2.45) is 5.73 Å². The Balaban J connectivity index is 2.38. The van der Waals surface area contributed by atoms with E-state index in [0.29, 0.717) is 5.76 Å². The van der Waals surface area contributed by atoms with Crippen molar-refractivity contribution in [2.45, 2.75) is 25.1 Å². The zero-order chi connectivity index (χ0) is 9.90. The summed E-state index contributed by atoms with van der Waals surface area (Å²) in [5, 5.41) is 0. The Hall–Kier alpha value is -0.970. The first-order valence-corrected chi connectivity index (χ1v) is 3.82. The molecular weight excluding hydrogens is 183 g/mol. The van der Waals surface area contributed by atoms with E-state index in [0.717, 1.165) is 0 Å². The standard InChI is InChI=1S/C8H10F3NO/c9-8(10,11)5-6(12)4-7-2-1-3-13-7/h1-3,6H,4-5,12H2/t6-/m0/s1. The molecule has 0 aliphatic carbocycles. The van der Waals surface area contributed by atoms with Crippen LogP contribution in [0.3, 0.4) is 0 Å². The van der Waals surface area contributed by atoms with E-state index >= 15 is 0 Å². The Bertz CT molecular complexity index is 242. The summed E-state index contributed by atoms with van der Waals surface area (Å²) in [6.07, 6.45) is -3.65. The lowest BCUT2D eigenvalue weighted by atomic mass is 10.1. The van der Waals surface area contributed by atoms with Gasteiger partial charge in [0.1, 0.15) is 5.76 Å². The molecule has 5 heteroatoms. The normalized spacial score (nSPS) is 14.5. The molecule has 0 unspecified atom stereocenters. The van der Waals surface area contributed by atoms with Gasteiger partial charge in [-0.2, -0.15) is 13.2 Å². The van der Waals surface area contributed by atoms with Crippen LogP contribution in [0.5, 0.6) is 0 Å². The number of alkyl halides is 3. The largest absolute Gasteiger partial charge is 0.469 e. The van der Waals surface area contributed by atoms with Crippen LogP contribution in [-0.2, 0) is 6.42 Å². The molecule has 0 spiro atoms. The maximum Gasteiger partial charge on any atom is 0.390 e. The van der Waals surface area contributed by atoms with Gasteiger partial charge in [-0.1, -0.05) is 0 Å². The summed E-state index contributed by atoms with van der Waals surface area (Å²) < 4.78 is 40.3. The van der Waals surface area contributed by atoms with E-state index in [-0.39, 0.29) is 6.42 Å². The number of nitrogens with two attached hydrogens (primary N) is 1. The molecule has 0 aliphatic rings. The van der Waals surface area contributed by atoms with Gasteiger partial charge in [-0.05, 0) is 12.1 Å². The maximum atomic E-state index is 11.8. The van der Waals surface area contributed by atoms with Crippen molar-refractivity contribution in [3.8, 4) is 0 Å². The molecule has 0 aliphatic heterocycles. The van der Waals surface area contributed by atoms with Gasteiger partial charge in [0.05, 0.1) is 12.7 Å². The molecular formula is C8H10F3NO. The average Bonchev–Trinajstić information content (AvgIpc) is 2.34. The summed E-state index contributed by atoms with van der Waals surface area (Å²) in [4.78, 5) is 0. The first-order valence-electron chi connectivity index (χ1n) is 3.82. The first kappa shape index (κ1) is 10.1. The second kappa shape index (κ2) is 3.83.